The summed E-state index contributed by atoms with van der Waals surface area (Å²) in [5.74, 6) is 0.770. The number of para-hydroxylation sites is 1. The van der Waals surface area contributed by atoms with Crippen molar-refractivity contribution in [2.45, 2.75) is 31.8 Å². The molecule has 5 rings (SSSR count). The lowest BCUT2D eigenvalue weighted by Crippen LogP contribution is -2.49. The Kier molecular flexibility index (Phi) is 4.37. The largest absolute Gasteiger partial charge is 0.334 e. The second-order valence-corrected chi connectivity index (χ2v) is 9.20. The van der Waals surface area contributed by atoms with Gasteiger partial charge in [0.2, 0.25) is 5.95 Å². The van der Waals surface area contributed by atoms with Crippen molar-refractivity contribution in [1.29, 1.82) is 0 Å². The topological polar surface area (TPSA) is 55.0 Å². The maximum Gasteiger partial charge on any atom is 0.227 e. The lowest BCUT2D eigenvalue weighted by atomic mass is 9.97. The van der Waals surface area contributed by atoms with Gasteiger partial charge in [-0.15, -0.1) is 11.3 Å². The number of benzene rings is 2. The molecule has 0 amide bonds. The van der Waals surface area contributed by atoms with Crippen LogP contribution >= 0.6 is 11.3 Å². The fourth-order valence-corrected chi connectivity index (χ4v) is 5.08. The SMILES string of the molecule is CC1(C)C(N)CCN1c1nc(-c2ccc(-c3ccccc3)s2)c2ccccc2n1. The molecule has 0 bridgehead atoms. The summed E-state index contributed by atoms with van der Waals surface area (Å²) in [6.07, 6.45) is 0.954. The summed E-state index contributed by atoms with van der Waals surface area (Å²) in [5.41, 5.74) is 9.41. The van der Waals surface area contributed by atoms with Gasteiger partial charge in [-0.3, -0.25) is 0 Å². The third kappa shape index (κ3) is 3.11. The molecule has 5 heteroatoms. The van der Waals surface area contributed by atoms with Gasteiger partial charge in [-0.1, -0.05) is 48.5 Å². The van der Waals surface area contributed by atoms with Gasteiger partial charge in [0, 0.05) is 22.8 Å². The average molecular weight is 401 g/mol. The summed E-state index contributed by atoms with van der Waals surface area (Å²) in [6.45, 7) is 5.24. The summed E-state index contributed by atoms with van der Waals surface area (Å²) in [5, 5.41) is 1.08. The molecule has 146 valence electrons. The lowest BCUT2D eigenvalue weighted by Gasteiger charge is -2.34. The van der Waals surface area contributed by atoms with E-state index in [2.05, 4.69) is 73.3 Å². The number of rotatable bonds is 3. The minimum Gasteiger partial charge on any atom is -0.334 e. The molecule has 3 heterocycles. The van der Waals surface area contributed by atoms with Crippen LogP contribution in [-0.4, -0.2) is 28.1 Å². The fourth-order valence-electron chi connectivity index (χ4n) is 4.06. The van der Waals surface area contributed by atoms with Crippen LogP contribution in [0.1, 0.15) is 20.3 Å². The molecule has 1 atom stereocenters. The van der Waals surface area contributed by atoms with Gasteiger partial charge in [0.15, 0.2) is 0 Å². The first-order chi connectivity index (χ1) is 14.0. The molecule has 0 radical (unpaired) electrons. The second kappa shape index (κ2) is 6.94. The zero-order valence-corrected chi connectivity index (χ0v) is 17.5. The molecule has 0 spiro atoms. The lowest BCUT2D eigenvalue weighted by molar-refractivity contribution is 0.449. The summed E-state index contributed by atoms with van der Waals surface area (Å²) in [4.78, 5) is 14.6. The molecule has 1 aliphatic rings. The number of thiophene rings is 1. The Labute approximate surface area is 175 Å². The van der Waals surface area contributed by atoms with Crippen molar-refractivity contribution in [2.75, 3.05) is 11.4 Å². The summed E-state index contributed by atoms with van der Waals surface area (Å²) < 4.78 is 0. The molecular formula is C24H24N4S. The molecule has 0 aliphatic carbocycles. The molecule has 2 N–H and O–H groups in total. The number of aromatic nitrogens is 2. The maximum atomic E-state index is 6.37. The van der Waals surface area contributed by atoms with Gasteiger partial charge in [0.25, 0.3) is 0 Å². The highest BCUT2D eigenvalue weighted by Gasteiger charge is 2.40. The number of nitrogens with two attached hydrogens (primary N) is 1. The van der Waals surface area contributed by atoms with E-state index in [0.717, 1.165) is 40.4 Å². The predicted octanol–water partition coefficient (Wildman–Crippen LogP) is 5.34. The van der Waals surface area contributed by atoms with Crippen LogP contribution in [-0.2, 0) is 0 Å². The highest BCUT2D eigenvalue weighted by atomic mass is 32.1. The first-order valence-electron chi connectivity index (χ1n) is 10.00. The fraction of sp³-hybridized carbons (Fsp3) is 0.250. The van der Waals surface area contributed by atoms with Crippen LogP contribution in [0.4, 0.5) is 5.95 Å². The van der Waals surface area contributed by atoms with Crippen LogP contribution in [0.15, 0.2) is 66.7 Å². The zero-order chi connectivity index (χ0) is 20.0. The average Bonchev–Trinajstić information content (AvgIpc) is 3.33. The van der Waals surface area contributed by atoms with E-state index >= 15 is 0 Å². The molecule has 4 aromatic rings. The van der Waals surface area contributed by atoms with E-state index in [-0.39, 0.29) is 11.6 Å². The maximum absolute atomic E-state index is 6.37. The number of nitrogens with zero attached hydrogens (tertiary/aromatic N) is 3. The van der Waals surface area contributed by atoms with Crippen molar-refractivity contribution < 1.29 is 0 Å². The van der Waals surface area contributed by atoms with Crippen molar-refractivity contribution in [1.82, 2.24) is 9.97 Å². The van der Waals surface area contributed by atoms with Gasteiger partial charge in [-0.25, -0.2) is 9.97 Å². The molecular weight excluding hydrogens is 376 g/mol. The van der Waals surface area contributed by atoms with E-state index in [4.69, 9.17) is 15.7 Å². The van der Waals surface area contributed by atoms with Gasteiger partial charge in [0.1, 0.15) is 0 Å². The van der Waals surface area contributed by atoms with Crippen LogP contribution in [0.3, 0.4) is 0 Å². The van der Waals surface area contributed by atoms with Gasteiger partial charge in [-0.05, 0) is 44.0 Å². The van der Waals surface area contributed by atoms with Crippen LogP contribution in [0.25, 0.3) is 31.9 Å². The molecule has 1 unspecified atom stereocenters. The smallest absolute Gasteiger partial charge is 0.227 e. The molecule has 29 heavy (non-hydrogen) atoms. The van der Waals surface area contributed by atoms with E-state index < -0.39 is 0 Å². The first kappa shape index (κ1) is 18.3. The van der Waals surface area contributed by atoms with Gasteiger partial charge >= 0.3 is 0 Å². The molecule has 1 aliphatic heterocycles. The molecule has 2 aromatic carbocycles. The van der Waals surface area contributed by atoms with E-state index in [1.54, 1.807) is 11.3 Å². The van der Waals surface area contributed by atoms with Crippen molar-refractivity contribution in [3.8, 4) is 21.0 Å². The highest BCUT2D eigenvalue weighted by molar-refractivity contribution is 7.18. The van der Waals surface area contributed by atoms with E-state index in [1.807, 2.05) is 12.1 Å². The molecule has 1 saturated heterocycles. The van der Waals surface area contributed by atoms with Crippen LogP contribution in [0.2, 0.25) is 0 Å². The number of hydrogen-bond acceptors (Lipinski definition) is 5. The van der Waals surface area contributed by atoms with E-state index in [1.165, 1.54) is 10.4 Å². The predicted molar refractivity (Wildman–Crippen MR) is 122 cm³/mol. The normalized spacial score (nSPS) is 18.4. The molecule has 0 saturated carbocycles. The zero-order valence-electron chi connectivity index (χ0n) is 16.7. The highest BCUT2D eigenvalue weighted by Crippen LogP contribution is 2.38. The van der Waals surface area contributed by atoms with Crippen LogP contribution in [0.5, 0.6) is 0 Å². The molecule has 4 nitrogen and oxygen atoms in total. The Balaban J connectivity index is 1.65. The quantitative estimate of drug-likeness (QED) is 0.504. The molecule has 1 fully saturated rings. The minimum absolute atomic E-state index is 0.118. The number of anilines is 1. The van der Waals surface area contributed by atoms with E-state index in [9.17, 15) is 0 Å². The first-order valence-corrected chi connectivity index (χ1v) is 10.8. The van der Waals surface area contributed by atoms with Crippen molar-refractivity contribution in [3.63, 3.8) is 0 Å². The van der Waals surface area contributed by atoms with Crippen molar-refractivity contribution in [3.05, 3.63) is 66.7 Å². The Morgan fingerprint density at radius 2 is 1.66 bits per heavy atom. The third-order valence-corrected chi connectivity index (χ3v) is 7.14. The Morgan fingerprint density at radius 1 is 0.931 bits per heavy atom. The van der Waals surface area contributed by atoms with Gasteiger partial charge in [-0.2, -0.15) is 0 Å². The van der Waals surface area contributed by atoms with Crippen molar-refractivity contribution in [2.24, 2.45) is 5.73 Å². The Morgan fingerprint density at radius 3 is 2.41 bits per heavy atom. The number of fused-ring (bicyclic) bond motifs is 1. The van der Waals surface area contributed by atoms with Gasteiger partial charge in [0.05, 0.1) is 21.6 Å². The molecule has 2 aromatic heterocycles. The van der Waals surface area contributed by atoms with Gasteiger partial charge < -0.3 is 10.6 Å². The van der Waals surface area contributed by atoms with E-state index in [0.29, 0.717) is 0 Å². The summed E-state index contributed by atoms with van der Waals surface area (Å²) >= 11 is 1.77. The monoisotopic (exact) mass is 400 g/mol. The third-order valence-electron chi connectivity index (χ3n) is 6.00. The Hall–Kier alpha value is -2.76. The van der Waals surface area contributed by atoms with Crippen molar-refractivity contribution >= 4 is 28.2 Å². The summed E-state index contributed by atoms with van der Waals surface area (Å²) in [6, 6.07) is 23.2. The van der Waals surface area contributed by atoms with Crippen LogP contribution < -0.4 is 10.6 Å². The number of hydrogen-bond donors (Lipinski definition) is 1. The summed E-state index contributed by atoms with van der Waals surface area (Å²) in [7, 11) is 0. The standard InChI is InChI=1S/C24H24N4S/c1-24(2)21(25)14-15-28(24)23-26-18-11-7-6-10-17(18)22(27-23)20-13-12-19(29-20)16-8-4-3-5-9-16/h3-13,21H,14-15,25H2,1-2H3. The second-order valence-electron chi connectivity index (χ2n) is 8.12. The minimum atomic E-state index is -0.162. The Bertz CT molecular complexity index is 1170. The van der Waals surface area contributed by atoms with Crippen LogP contribution in [0, 0.1) is 0 Å².